The van der Waals surface area contributed by atoms with Gasteiger partial charge in [-0.15, -0.1) is 6.58 Å². The number of fused-ring (bicyclic) bond motifs is 2. The van der Waals surface area contributed by atoms with Gasteiger partial charge in [-0.05, 0) is 61.0 Å². The Morgan fingerprint density at radius 3 is 2.76 bits per heavy atom. The van der Waals surface area contributed by atoms with Crippen LogP contribution in [0.5, 0.6) is 5.75 Å². The third-order valence-corrected chi connectivity index (χ3v) is 7.50. The van der Waals surface area contributed by atoms with Crippen molar-refractivity contribution in [1.29, 1.82) is 0 Å². The Hall–Kier alpha value is -2.28. The summed E-state index contributed by atoms with van der Waals surface area (Å²) in [4.78, 5) is 15.1. The van der Waals surface area contributed by atoms with E-state index in [9.17, 15) is 4.79 Å². The number of benzene rings is 2. The quantitative estimate of drug-likeness (QED) is 0.558. The van der Waals surface area contributed by atoms with Crippen molar-refractivity contribution in [2.24, 2.45) is 0 Å². The van der Waals surface area contributed by atoms with Crippen molar-refractivity contribution < 1.29 is 14.3 Å². The van der Waals surface area contributed by atoms with E-state index in [-0.39, 0.29) is 23.5 Å². The maximum absolute atomic E-state index is 12.6. The van der Waals surface area contributed by atoms with Gasteiger partial charge in [-0.3, -0.25) is 9.69 Å². The van der Waals surface area contributed by atoms with E-state index >= 15 is 0 Å². The lowest BCUT2D eigenvalue weighted by Gasteiger charge is -2.44. The van der Waals surface area contributed by atoms with Gasteiger partial charge in [-0.1, -0.05) is 42.5 Å². The molecule has 2 atom stereocenters. The molecule has 2 aliphatic rings. The van der Waals surface area contributed by atoms with Gasteiger partial charge in [0, 0.05) is 12.0 Å². The van der Waals surface area contributed by atoms with E-state index in [0.717, 1.165) is 38.2 Å². The summed E-state index contributed by atoms with van der Waals surface area (Å²) in [5.41, 5.74) is 3.68. The van der Waals surface area contributed by atoms with Gasteiger partial charge >= 0.3 is 0 Å². The van der Waals surface area contributed by atoms with Crippen LogP contribution in [0.4, 0.5) is 0 Å². The highest BCUT2D eigenvalue weighted by atomic mass is 32.2. The topological polar surface area (TPSA) is 50.8 Å². The fourth-order valence-corrected chi connectivity index (χ4v) is 5.82. The minimum absolute atomic E-state index is 0.0574. The first-order chi connectivity index (χ1) is 16.1. The summed E-state index contributed by atoms with van der Waals surface area (Å²) in [7, 11) is 1.71. The highest BCUT2D eigenvalue weighted by Crippen LogP contribution is 2.52. The zero-order valence-corrected chi connectivity index (χ0v) is 20.4. The van der Waals surface area contributed by atoms with Crippen molar-refractivity contribution in [3.63, 3.8) is 0 Å². The molecule has 0 saturated carbocycles. The summed E-state index contributed by atoms with van der Waals surface area (Å²) in [6, 6.07) is 16.7. The van der Waals surface area contributed by atoms with Gasteiger partial charge in [0.2, 0.25) is 5.91 Å². The van der Waals surface area contributed by atoms with E-state index in [0.29, 0.717) is 12.4 Å². The molecule has 1 N–H and O–H groups in total. The smallest absolute Gasteiger partial charge is 0.230 e. The summed E-state index contributed by atoms with van der Waals surface area (Å²) in [5.74, 6) is 1.41. The Kier molecular flexibility index (Phi) is 7.78. The molecule has 1 fully saturated rings. The second-order valence-electron chi connectivity index (χ2n) is 8.89. The number of hydrogen-bond donors (Lipinski definition) is 1. The van der Waals surface area contributed by atoms with Gasteiger partial charge in [0.05, 0.1) is 31.6 Å². The van der Waals surface area contributed by atoms with E-state index in [4.69, 9.17) is 9.47 Å². The number of likely N-dealkylation sites (tertiary alicyclic amines) is 1. The molecule has 33 heavy (non-hydrogen) atoms. The van der Waals surface area contributed by atoms with E-state index in [2.05, 4.69) is 53.2 Å². The van der Waals surface area contributed by atoms with Crippen LogP contribution in [0.15, 0.2) is 61.2 Å². The van der Waals surface area contributed by atoms with Crippen molar-refractivity contribution in [2.75, 3.05) is 38.8 Å². The van der Waals surface area contributed by atoms with Gasteiger partial charge in [-0.2, -0.15) is 11.8 Å². The van der Waals surface area contributed by atoms with Crippen LogP contribution in [-0.4, -0.2) is 55.7 Å². The monoisotopic (exact) mass is 466 g/mol. The van der Waals surface area contributed by atoms with Crippen molar-refractivity contribution in [2.45, 2.75) is 36.9 Å². The molecule has 1 aliphatic carbocycles. The fourth-order valence-electron chi connectivity index (χ4n) is 5.48. The SMILES string of the molecule is C=CCO[C@H]1[C@H](NC(=O)CSC)c2ccccc2C12CCN(Cc1cccc(OC)c1)CC2. The Morgan fingerprint density at radius 1 is 1.24 bits per heavy atom. The van der Waals surface area contributed by atoms with E-state index in [1.165, 1.54) is 28.5 Å². The zero-order valence-electron chi connectivity index (χ0n) is 19.6. The van der Waals surface area contributed by atoms with Crippen LogP contribution in [-0.2, 0) is 21.5 Å². The summed E-state index contributed by atoms with van der Waals surface area (Å²) in [5, 5.41) is 3.28. The number of hydrogen-bond acceptors (Lipinski definition) is 5. The molecule has 176 valence electrons. The lowest BCUT2D eigenvalue weighted by molar-refractivity contribution is -0.121. The number of carbonyl (C=O) groups excluding carboxylic acids is 1. The number of rotatable bonds is 9. The van der Waals surface area contributed by atoms with Crippen LogP contribution in [0.2, 0.25) is 0 Å². The standard InChI is InChI=1S/C27H34N2O3S/c1-4-16-32-26-25(28-24(30)19-33-3)22-10-5-6-11-23(22)27(26)12-14-29(15-13-27)18-20-8-7-9-21(17-20)31-2/h4-11,17,25-26H,1,12-16,18-19H2,2-3H3,(H,28,30)/t25-,26+/m1/s1. The van der Waals surface area contributed by atoms with Crippen LogP contribution in [0.3, 0.4) is 0 Å². The minimum Gasteiger partial charge on any atom is -0.497 e. The number of piperidine rings is 1. The van der Waals surface area contributed by atoms with Gasteiger partial charge < -0.3 is 14.8 Å². The fraction of sp³-hybridized carbons (Fsp3) is 0.444. The maximum Gasteiger partial charge on any atom is 0.230 e. The molecule has 0 aromatic heterocycles. The highest BCUT2D eigenvalue weighted by molar-refractivity contribution is 7.99. The lowest BCUT2D eigenvalue weighted by atomic mass is 9.71. The average Bonchev–Trinajstić information content (AvgIpc) is 3.08. The molecular formula is C27H34N2O3S. The molecule has 2 aromatic carbocycles. The van der Waals surface area contributed by atoms with Gasteiger partial charge in [0.25, 0.3) is 0 Å². The maximum atomic E-state index is 12.6. The number of thioether (sulfide) groups is 1. The normalized spacial score (nSPS) is 21.5. The predicted octanol–water partition coefficient (Wildman–Crippen LogP) is 4.33. The molecule has 1 heterocycles. The van der Waals surface area contributed by atoms with Gasteiger partial charge in [-0.25, -0.2) is 0 Å². The zero-order chi connectivity index (χ0) is 23.3. The van der Waals surface area contributed by atoms with Gasteiger partial charge in [0.1, 0.15) is 5.75 Å². The van der Waals surface area contributed by atoms with Gasteiger partial charge in [0.15, 0.2) is 0 Å². The van der Waals surface area contributed by atoms with Crippen molar-refractivity contribution in [3.8, 4) is 5.75 Å². The third kappa shape index (κ3) is 4.98. The third-order valence-electron chi connectivity index (χ3n) is 6.95. The molecule has 1 aliphatic heterocycles. The Morgan fingerprint density at radius 2 is 2.03 bits per heavy atom. The van der Waals surface area contributed by atoms with Crippen molar-refractivity contribution in [3.05, 3.63) is 77.9 Å². The molecule has 5 nitrogen and oxygen atoms in total. The van der Waals surface area contributed by atoms with Crippen LogP contribution >= 0.6 is 11.8 Å². The number of ether oxygens (including phenoxy) is 2. The number of carbonyl (C=O) groups is 1. The molecule has 0 radical (unpaired) electrons. The van der Waals surface area contributed by atoms with E-state index < -0.39 is 0 Å². The summed E-state index contributed by atoms with van der Waals surface area (Å²) >= 11 is 1.54. The Balaban J connectivity index is 1.57. The molecule has 0 bridgehead atoms. The Bertz CT molecular complexity index is 971. The molecular weight excluding hydrogens is 432 g/mol. The largest absolute Gasteiger partial charge is 0.497 e. The predicted molar refractivity (Wildman–Crippen MR) is 135 cm³/mol. The van der Waals surface area contributed by atoms with Crippen LogP contribution in [0.1, 0.15) is 35.6 Å². The molecule has 6 heteroatoms. The van der Waals surface area contributed by atoms with E-state index in [1.54, 1.807) is 13.2 Å². The first-order valence-electron chi connectivity index (χ1n) is 11.6. The molecule has 4 rings (SSSR count). The molecule has 1 saturated heterocycles. The minimum atomic E-state index is -0.134. The second kappa shape index (κ2) is 10.8. The lowest BCUT2D eigenvalue weighted by Crippen LogP contribution is -2.50. The summed E-state index contributed by atoms with van der Waals surface area (Å²) < 4.78 is 11.8. The summed E-state index contributed by atoms with van der Waals surface area (Å²) in [6.07, 6.45) is 5.63. The highest BCUT2D eigenvalue weighted by Gasteiger charge is 2.54. The molecule has 1 amide bonds. The van der Waals surface area contributed by atoms with Crippen molar-refractivity contribution in [1.82, 2.24) is 10.2 Å². The number of methoxy groups -OCH3 is 1. The number of nitrogens with zero attached hydrogens (tertiary/aromatic N) is 1. The molecule has 1 spiro atoms. The van der Waals surface area contributed by atoms with Crippen LogP contribution < -0.4 is 10.1 Å². The summed E-state index contributed by atoms with van der Waals surface area (Å²) in [6.45, 7) is 7.19. The number of amides is 1. The average molecular weight is 467 g/mol. The molecule has 2 aromatic rings. The first kappa shape index (κ1) is 23.9. The van der Waals surface area contributed by atoms with Crippen LogP contribution in [0.25, 0.3) is 0 Å². The Labute approximate surface area is 201 Å². The van der Waals surface area contributed by atoms with Crippen molar-refractivity contribution >= 4 is 17.7 Å². The van der Waals surface area contributed by atoms with Crippen LogP contribution in [0, 0.1) is 0 Å². The second-order valence-corrected chi connectivity index (χ2v) is 9.76. The van der Waals surface area contributed by atoms with E-state index in [1.807, 2.05) is 18.4 Å². The number of nitrogens with one attached hydrogen (secondary N) is 1. The first-order valence-corrected chi connectivity index (χ1v) is 13.0. The molecule has 0 unspecified atom stereocenters.